The standard InChI is InChI=1S/C21H23NO4/c1-25-19-5-3-2-4-16(19)21(9-10-21)20(24)22-13-17(23)14-6-7-18-15(12-14)8-11-26-18/h2-7,12,17,23H,8-11,13H2,1H3,(H,22,24). The zero-order valence-electron chi connectivity index (χ0n) is 14.8. The van der Waals surface area contributed by atoms with Crippen molar-refractivity contribution in [1.29, 1.82) is 0 Å². The normalized spacial score (nSPS) is 17.8. The average molecular weight is 353 g/mol. The van der Waals surface area contributed by atoms with E-state index in [0.29, 0.717) is 6.61 Å². The van der Waals surface area contributed by atoms with Crippen molar-refractivity contribution in [1.82, 2.24) is 5.32 Å². The Kier molecular flexibility index (Phi) is 4.32. The van der Waals surface area contributed by atoms with E-state index >= 15 is 0 Å². The van der Waals surface area contributed by atoms with Crippen LogP contribution in [-0.2, 0) is 16.6 Å². The summed E-state index contributed by atoms with van der Waals surface area (Å²) in [5.41, 5.74) is 2.30. The maximum atomic E-state index is 12.8. The lowest BCUT2D eigenvalue weighted by atomic mass is 9.93. The van der Waals surface area contributed by atoms with Gasteiger partial charge in [0, 0.05) is 18.5 Å². The molecule has 1 heterocycles. The van der Waals surface area contributed by atoms with Gasteiger partial charge in [0.25, 0.3) is 0 Å². The minimum Gasteiger partial charge on any atom is -0.496 e. The number of aliphatic hydroxyl groups excluding tert-OH is 1. The number of hydrogen-bond donors (Lipinski definition) is 2. The number of aliphatic hydroxyl groups is 1. The summed E-state index contributed by atoms with van der Waals surface area (Å²) in [4.78, 5) is 12.8. The van der Waals surface area contributed by atoms with Crippen LogP contribution < -0.4 is 14.8 Å². The van der Waals surface area contributed by atoms with E-state index in [9.17, 15) is 9.90 Å². The SMILES string of the molecule is COc1ccccc1C1(C(=O)NCC(O)c2ccc3c(c2)CCO3)CC1. The Morgan fingerprint density at radius 3 is 2.88 bits per heavy atom. The van der Waals surface area contributed by atoms with E-state index in [0.717, 1.165) is 47.5 Å². The first-order chi connectivity index (χ1) is 12.6. The number of para-hydroxylation sites is 1. The van der Waals surface area contributed by atoms with E-state index in [1.54, 1.807) is 7.11 Å². The van der Waals surface area contributed by atoms with Gasteiger partial charge in [-0.2, -0.15) is 0 Å². The van der Waals surface area contributed by atoms with E-state index in [-0.39, 0.29) is 12.5 Å². The van der Waals surface area contributed by atoms with E-state index in [4.69, 9.17) is 9.47 Å². The zero-order chi connectivity index (χ0) is 18.1. The molecule has 26 heavy (non-hydrogen) atoms. The van der Waals surface area contributed by atoms with Crippen molar-refractivity contribution < 1.29 is 19.4 Å². The van der Waals surface area contributed by atoms with Gasteiger partial charge in [0.15, 0.2) is 0 Å². The van der Waals surface area contributed by atoms with Gasteiger partial charge in [-0.05, 0) is 42.2 Å². The number of ether oxygens (including phenoxy) is 2. The highest BCUT2D eigenvalue weighted by Gasteiger charge is 2.52. The number of rotatable bonds is 6. The fraction of sp³-hybridized carbons (Fsp3) is 0.381. The molecule has 0 bridgehead atoms. The van der Waals surface area contributed by atoms with E-state index in [1.807, 2.05) is 42.5 Å². The van der Waals surface area contributed by atoms with Crippen molar-refractivity contribution in [2.45, 2.75) is 30.8 Å². The van der Waals surface area contributed by atoms with E-state index in [1.165, 1.54) is 0 Å². The van der Waals surface area contributed by atoms with Crippen LogP contribution in [0.3, 0.4) is 0 Å². The van der Waals surface area contributed by atoms with Crippen LogP contribution in [-0.4, -0.2) is 31.3 Å². The maximum Gasteiger partial charge on any atom is 0.230 e. The van der Waals surface area contributed by atoms with Crippen molar-refractivity contribution in [2.24, 2.45) is 0 Å². The molecule has 0 radical (unpaired) electrons. The number of methoxy groups -OCH3 is 1. The molecule has 5 nitrogen and oxygen atoms in total. The summed E-state index contributed by atoms with van der Waals surface area (Å²) in [5.74, 6) is 1.57. The van der Waals surface area contributed by atoms with Gasteiger partial charge in [0.2, 0.25) is 5.91 Å². The third-order valence-electron chi connectivity index (χ3n) is 5.36. The van der Waals surface area contributed by atoms with Crippen molar-refractivity contribution in [2.75, 3.05) is 20.3 Å². The Labute approximate surface area is 152 Å². The number of carbonyl (C=O) groups excluding carboxylic acids is 1. The van der Waals surface area contributed by atoms with Crippen molar-refractivity contribution >= 4 is 5.91 Å². The number of hydrogen-bond acceptors (Lipinski definition) is 4. The summed E-state index contributed by atoms with van der Waals surface area (Å²) in [7, 11) is 1.62. The first kappa shape index (κ1) is 16.9. The number of benzene rings is 2. The first-order valence-corrected chi connectivity index (χ1v) is 8.99. The quantitative estimate of drug-likeness (QED) is 0.837. The number of carbonyl (C=O) groups is 1. The molecule has 2 aromatic rings. The lowest BCUT2D eigenvalue weighted by Crippen LogP contribution is -2.37. The van der Waals surface area contributed by atoms with Crippen LogP contribution in [0, 0.1) is 0 Å². The molecule has 1 fully saturated rings. The van der Waals surface area contributed by atoms with E-state index < -0.39 is 11.5 Å². The summed E-state index contributed by atoms with van der Waals surface area (Å²) < 4.78 is 10.9. The van der Waals surface area contributed by atoms with Crippen molar-refractivity contribution in [3.63, 3.8) is 0 Å². The number of nitrogens with one attached hydrogen (secondary N) is 1. The topological polar surface area (TPSA) is 67.8 Å². The van der Waals surface area contributed by atoms with Crippen LogP contribution >= 0.6 is 0 Å². The Bertz CT molecular complexity index is 829. The second-order valence-corrected chi connectivity index (χ2v) is 6.97. The summed E-state index contributed by atoms with van der Waals surface area (Å²) >= 11 is 0. The maximum absolute atomic E-state index is 12.8. The van der Waals surface area contributed by atoms with Gasteiger partial charge in [0.05, 0.1) is 25.2 Å². The lowest BCUT2D eigenvalue weighted by molar-refractivity contribution is -0.124. The van der Waals surface area contributed by atoms with Crippen LogP contribution in [0.5, 0.6) is 11.5 Å². The molecule has 1 saturated carbocycles. The first-order valence-electron chi connectivity index (χ1n) is 8.99. The summed E-state index contributed by atoms with van der Waals surface area (Å²) in [6.07, 6.45) is 1.72. The molecule has 1 atom stereocenters. The molecule has 136 valence electrons. The molecule has 4 rings (SSSR count). The smallest absolute Gasteiger partial charge is 0.230 e. The highest BCUT2D eigenvalue weighted by Crippen LogP contribution is 2.51. The third kappa shape index (κ3) is 2.92. The van der Waals surface area contributed by atoms with E-state index in [2.05, 4.69) is 5.32 Å². The molecule has 1 aliphatic heterocycles. The largest absolute Gasteiger partial charge is 0.496 e. The molecule has 2 N–H and O–H groups in total. The molecule has 1 aliphatic carbocycles. The lowest BCUT2D eigenvalue weighted by Gasteiger charge is -2.20. The number of amides is 1. The van der Waals surface area contributed by atoms with Crippen LogP contribution in [0.15, 0.2) is 42.5 Å². The Morgan fingerprint density at radius 1 is 1.31 bits per heavy atom. The third-order valence-corrected chi connectivity index (χ3v) is 5.36. The Hall–Kier alpha value is -2.53. The Balaban J connectivity index is 1.44. The predicted octanol–water partition coefficient (Wildman–Crippen LogP) is 2.51. The monoisotopic (exact) mass is 353 g/mol. The highest BCUT2D eigenvalue weighted by molar-refractivity contribution is 5.92. The van der Waals surface area contributed by atoms with Crippen molar-refractivity contribution in [3.05, 3.63) is 59.2 Å². The molecular formula is C21H23NO4. The van der Waals surface area contributed by atoms with Crippen LogP contribution in [0.2, 0.25) is 0 Å². The minimum absolute atomic E-state index is 0.0504. The van der Waals surface area contributed by atoms with Gasteiger partial charge in [0.1, 0.15) is 11.5 Å². The van der Waals surface area contributed by atoms with Crippen molar-refractivity contribution in [3.8, 4) is 11.5 Å². The van der Waals surface area contributed by atoms with Crippen LogP contribution in [0.25, 0.3) is 0 Å². The van der Waals surface area contributed by atoms with Gasteiger partial charge >= 0.3 is 0 Å². The summed E-state index contributed by atoms with van der Waals surface area (Å²) in [6, 6.07) is 13.4. The molecule has 2 aromatic carbocycles. The second-order valence-electron chi connectivity index (χ2n) is 6.97. The predicted molar refractivity (Wildman–Crippen MR) is 97.5 cm³/mol. The molecule has 0 spiro atoms. The summed E-state index contributed by atoms with van der Waals surface area (Å²) in [5, 5.41) is 13.4. The molecule has 0 saturated heterocycles. The average Bonchev–Trinajstić information content (AvgIpc) is 3.36. The van der Waals surface area contributed by atoms with Gasteiger partial charge < -0.3 is 19.9 Å². The minimum atomic E-state index is -0.738. The fourth-order valence-electron chi connectivity index (χ4n) is 3.67. The molecule has 1 amide bonds. The number of fused-ring (bicyclic) bond motifs is 1. The fourth-order valence-corrected chi connectivity index (χ4v) is 3.67. The Morgan fingerprint density at radius 2 is 2.12 bits per heavy atom. The highest BCUT2D eigenvalue weighted by atomic mass is 16.5. The molecule has 0 aromatic heterocycles. The van der Waals surface area contributed by atoms with Gasteiger partial charge in [-0.1, -0.05) is 24.3 Å². The molecule has 1 unspecified atom stereocenters. The van der Waals surface area contributed by atoms with Crippen LogP contribution in [0.4, 0.5) is 0 Å². The second kappa shape index (κ2) is 6.65. The van der Waals surface area contributed by atoms with Gasteiger partial charge in [-0.25, -0.2) is 0 Å². The zero-order valence-corrected chi connectivity index (χ0v) is 14.8. The molecule has 2 aliphatic rings. The molecular weight excluding hydrogens is 330 g/mol. The molecule has 5 heteroatoms. The van der Waals surface area contributed by atoms with Gasteiger partial charge in [-0.3, -0.25) is 4.79 Å². The van der Waals surface area contributed by atoms with Gasteiger partial charge in [-0.15, -0.1) is 0 Å². The van der Waals surface area contributed by atoms with Crippen LogP contribution in [0.1, 0.15) is 35.6 Å². The summed E-state index contributed by atoms with van der Waals surface area (Å²) in [6.45, 7) is 0.877.